The standard InChI is InChI=1S/C27H31N3O3/c1-2-3-5-17-26(31)29-22-13-10-14-23(18-22)30-27(32)19-28-24-15-8-9-16-25(24)33-20-21-11-6-4-7-12-21/h4,6-16,18,28H,2-3,5,17,19-20H2,1H3,(H,29,31)(H,30,32). The number of hydrogen-bond donors (Lipinski definition) is 3. The van der Waals surface area contributed by atoms with E-state index < -0.39 is 0 Å². The predicted octanol–water partition coefficient (Wildman–Crippen LogP) is 5.84. The Hall–Kier alpha value is -3.80. The first-order chi connectivity index (χ1) is 16.1. The van der Waals surface area contributed by atoms with Crippen LogP contribution >= 0.6 is 0 Å². The first-order valence-electron chi connectivity index (χ1n) is 11.3. The molecule has 0 atom stereocenters. The average Bonchev–Trinajstić information content (AvgIpc) is 2.83. The van der Waals surface area contributed by atoms with E-state index >= 15 is 0 Å². The average molecular weight is 446 g/mol. The minimum Gasteiger partial charge on any atom is -0.487 e. The molecule has 0 spiro atoms. The molecule has 3 aromatic rings. The monoisotopic (exact) mass is 445 g/mol. The first kappa shape index (κ1) is 23.9. The van der Waals surface area contributed by atoms with Crippen molar-refractivity contribution in [1.82, 2.24) is 0 Å². The summed E-state index contributed by atoms with van der Waals surface area (Å²) in [5.41, 5.74) is 3.11. The van der Waals surface area contributed by atoms with Crippen LogP contribution in [0.4, 0.5) is 17.1 Å². The molecule has 0 bridgehead atoms. The van der Waals surface area contributed by atoms with Crippen LogP contribution in [0.5, 0.6) is 5.75 Å². The van der Waals surface area contributed by atoms with E-state index in [1.807, 2.05) is 60.7 Å². The van der Waals surface area contributed by atoms with E-state index in [4.69, 9.17) is 4.74 Å². The molecule has 6 heteroatoms. The quantitative estimate of drug-likeness (QED) is 0.306. The van der Waals surface area contributed by atoms with Crippen LogP contribution in [0.1, 0.15) is 38.2 Å². The highest BCUT2D eigenvalue weighted by Gasteiger charge is 2.08. The molecule has 2 amide bonds. The van der Waals surface area contributed by atoms with Gasteiger partial charge >= 0.3 is 0 Å². The maximum atomic E-state index is 12.5. The number of carbonyl (C=O) groups is 2. The van der Waals surface area contributed by atoms with E-state index in [2.05, 4.69) is 22.9 Å². The van der Waals surface area contributed by atoms with Crippen molar-refractivity contribution in [2.45, 2.75) is 39.2 Å². The lowest BCUT2D eigenvalue weighted by atomic mass is 10.2. The fourth-order valence-electron chi connectivity index (χ4n) is 3.29. The van der Waals surface area contributed by atoms with Crippen molar-refractivity contribution in [3.8, 4) is 5.75 Å². The van der Waals surface area contributed by atoms with Crippen molar-refractivity contribution in [1.29, 1.82) is 0 Å². The van der Waals surface area contributed by atoms with Crippen LogP contribution in [0, 0.1) is 0 Å². The molecule has 0 aromatic heterocycles. The number of nitrogens with one attached hydrogen (secondary N) is 3. The summed E-state index contributed by atoms with van der Waals surface area (Å²) in [5, 5.41) is 8.89. The Morgan fingerprint density at radius 3 is 2.24 bits per heavy atom. The van der Waals surface area contributed by atoms with Crippen LogP contribution in [-0.2, 0) is 16.2 Å². The molecule has 0 aliphatic rings. The summed E-state index contributed by atoms with van der Waals surface area (Å²) in [7, 11) is 0. The Labute approximate surface area is 195 Å². The zero-order chi connectivity index (χ0) is 23.3. The van der Waals surface area contributed by atoms with Crippen molar-refractivity contribution in [2.24, 2.45) is 0 Å². The van der Waals surface area contributed by atoms with E-state index in [0.29, 0.717) is 30.2 Å². The SMILES string of the molecule is CCCCCC(=O)Nc1cccc(NC(=O)CNc2ccccc2OCc2ccccc2)c1. The van der Waals surface area contributed by atoms with Gasteiger partial charge in [0.1, 0.15) is 12.4 Å². The van der Waals surface area contributed by atoms with Crippen LogP contribution in [0.3, 0.4) is 0 Å². The number of amides is 2. The van der Waals surface area contributed by atoms with E-state index in [-0.39, 0.29) is 18.4 Å². The van der Waals surface area contributed by atoms with E-state index in [9.17, 15) is 9.59 Å². The molecule has 0 aliphatic carbocycles. The molecule has 0 heterocycles. The smallest absolute Gasteiger partial charge is 0.243 e. The van der Waals surface area contributed by atoms with Gasteiger partial charge in [0, 0.05) is 17.8 Å². The van der Waals surface area contributed by atoms with E-state index in [1.54, 1.807) is 18.2 Å². The van der Waals surface area contributed by atoms with Crippen molar-refractivity contribution in [2.75, 3.05) is 22.5 Å². The van der Waals surface area contributed by atoms with Crippen LogP contribution in [0.2, 0.25) is 0 Å². The molecule has 172 valence electrons. The maximum Gasteiger partial charge on any atom is 0.243 e. The Balaban J connectivity index is 1.50. The highest BCUT2D eigenvalue weighted by Crippen LogP contribution is 2.24. The van der Waals surface area contributed by atoms with Crippen molar-refractivity contribution >= 4 is 28.9 Å². The molecular formula is C27H31N3O3. The molecule has 0 saturated carbocycles. The predicted molar refractivity (Wildman–Crippen MR) is 134 cm³/mol. The largest absolute Gasteiger partial charge is 0.487 e. The molecule has 6 nitrogen and oxygen atoms in total. The van der Waals surface area contributed by atoms with Gasteiger partial charge in [0.05, 0.1) is 12.2 Å². The zero-order valence-corrected chi connectivity index (χ0v) is 19.0. The fraction of sp³-hybridized carbons (Fsp3) is 0.259. The normalized spacial score (nSPS) is 10.3. The van der Waals surface area contributed by atoms with Gasteiger partial charge in [-0.2, -0.15) is 0 Å². The Morgan fingerprint density at radius 2 is 1.48 bits per heavy atom. The van der Waals surface area contributed by atoms with Gasteiger partial charge in [-0.15, -0.1) is 0 Å². The van der Waals surface area contributed by atoms with E-state index in [0.717, 1.165) is 30.5 Å². The summed E-state index contributed by atoms with van der Waals surface area (Å²) < 4.78 is 5.93. The fourth-order valence-corrected chi connectivity index (χ4v) is 3.29. The molecule has 3 aromatic carbocycles. The minimum absolute atomic E-state index is 0.0132. The van der Waals surface area contributed by atoms with Crippen LogP contribution in [-0.4, -0.2) is 18.4 Å². The van der Waals surface area contributed by atoms with Gasteiger partial charge in [0.25, 0.3) is 0 Å². The zero-order valence-electron chi connectivity index (χ0n) is 19.0. The number of rotatable bonds is 12. The number of unbranched alkanes of at least 4 members (excludes halogenated alkanes) is 2. The molecule has 3 rings (SSSR count). The number of carbonyl (C=O) groups excluding carboxylic acids is 2. The number of hydrogen-bond acceptors (Lipinski definition) is 4. The summed E-state index contributed by atoms with van der Waals surface area (Å²) in [6, 6.07) is 24.6. The lowest BCUT2D eigenvalue weighted by Crippen LogP contribution is -2.22. The van der Waals surface area contributed by atoms with E-state index in [1.165, 1.54) is 0 Å². The Bertz CT molecular complexity index is 1040. The molecule has 3 N–H and O–H groups in total. The lowest BCUT2D eigenvalue weighted by Gasteiger charge is -2.14. The second-order valence-electron chi connectivity index (χ2n) is 7.76. The van der Waals surface area contributed by atoms with Crippen molar-refractivity contribution < 1.29 is 14.3 Å². The summed E-state index contributed by atoms with van der Waals surface area (Å²) in [6.07, 6.45) is 3.49. The second-order valence-corrected chi connectivity index (χ2v) is 7.76. The Kier molecular flexibility index (Phi) is 9.33. The van der Waals surface area contributed by atoms with Crippen LogP contribution in [0.15, 0.2) is 78.9 Å². The molecule has 0 aliphatic heterocycles. The molecule has 0 radical (unpaired) electrons. The third kappa shape index (κ3) is 8.33. The molecule has 0 fully saturated rings. The lowest BCUT2D eigenvalue weighted by molar-refractivity contribution is -0.116. The maximum absolute atomic E-state index is 12.5. The first-order valence-corrected chi connectivity index (χ1v) is 11.3. The summed E-state index contributed by atoms with van der Waals surface area (Å²) >= 11 is 0. The minimum atomic E-state index is -0.195. The van der Waals surface area contributed by atoms with Crippen LogP contribution in [0.25, 0.3) is 0 Å². The molecule has 0 saturated heterocycles. The van der Waals surface area contributed by atoms with Gasteiger partial charge in [-0.3, -0.25) is 9.59 Å². The second kappa shape index (κ2) is 12.9. The summed E-state index contributed by atoms with van der Waals surface area (Å²) in [6.45, 7) is 2.64. The molecule has 0 unspecified atom stereocenters. The summed E-state index contributed by atoms with van der Waals surface area (Å²) in [4.78, 5) is 24.5. The third-order valence-electron chi connectivity index (χ3n) is 5.00. The molecular weight excluding hydrogens is 414 g/mol. The number of para-hydroxylation sites is 2. The van der Waals surface area contributed by atoms with Gasteiger partial charge in [0.15, 0.2) is 0 Å². The summed E-state index contributed by atoms with van der Waals surface area (Å²) in [5.74, 6) is 0.474. The highest BCUT2D eigenvalue weighted by molar-refractivity contribution is 5.95. The topological polar surface area (TPSA) is 79.5 Å². The van der Waals surface area contributed by atoms with Crippen molar-refractivity contribution in [3.05, 3.63) is 84.4 Å². The number of anilines is 3. The van der Waals surface area contributed by atoms with Gasteiger partial charge < -0.3 is 20.7 Å². The number of benzene rings is 3. The van der Waals surface area contributed by atoms with Gasteiger partial charge in [-0.25, -0.2) is 0 Å². The van der Waals surface area contributed by atoms with Crippen LogP contribution < -0.4 is 20.7 Å². The highest BCUT2D eigenvalue weighted by atomic mass is 16.5. The number of ether oxygens (including phenoxy) is 1. The van der Waals surface area contributed by atoms with Crippen molar-refractivity contribution in [3.63, 3.8) is 0 Å². The van der Waals surface area contributed by atoms with Gasteiger partial charge in [-0.1, -0.05) is 68.3 Å². The third-order valence-corrected chi connectivity index (χ3v) is 5.00. The Morgan fingerprint density at radius 1 is 0.788 bits per heavy atom. The molecule has 33 heavy (non-hydrogen) atoms. The van der Waals surface area contributed by atoms with Gasteiger partial charge in [0.2, 0.25) is 11.8 Å². The van der Waals surface area contributed by atoms with Gasteiger partial charge in [-0.05, 0) is 42.3 Å².